The van der Waals surface area contributed by atoms with Gasteiger partial charge in [0.15, 0.2) is 0 Å². The van der Waals surface area contributed by atoms with Crippen molar-refractivity contribution in [2.75, 3.05) is 25.5 Å². The molecule has 0 unspecified atom stereocenters. The van der Waals surface area contributed by atoms with Gasteiger partial charge in [0.05, 0.1) is 34.5 Å². The zero-order chi connectivity index (χ0) is 15.9. The lowest BCUT2D eigenvalue weighted by Crippen LogP contribution is -2.29. The number of amides is 1. The molecule has 1 fully saturated rings. The third kappa shape index (κ3) is 4.51. The van der Waals surface area contributed by atoms with Gasteiger partial charge in [0.2, 0.25) is 5.91 Å². The lowest BCUT2D eigenvalue weighted by molar-refractivity contribution is -0.137. The van der Waals surface area contributed by atoms with E-state index in [2.05, 4.69) is 15.9 Å². The summed E-state index contributed by atoms with van der Waals surface area (Å²) < 4.78 is 11.4. The molecule has 0 spiro atoms. The number of thioether (sulfide) groups is 1. The van der Waals surface area contributed by atoms with Crippen molar-refractivity contribution >= 4 is 39.6 Å². The molecule has 0 saturated carbocycles. The second-order valence-corrected chi connectivity index (χ2v) is 6.20. The van der Waals surface area contributed by atoms with Crippen LogP contribution in [0, 0.1) is 0 Å². The van der Waals surface area contributed by atoms with Crippen LogP contribution in [0.3, 0.4) is 0 Å². The molecule has 118 valence electrons. The van der Waals surface area contributed by atoms with Crippen LogP contribution in [0.5, 0.6) is 5.75 Å². The highest BCUT2D eigenvalue weighted by atomic mass is 79.9. The molecule has 1 saturated heterocycles. The van der Waals surface area contributed by atoms with Gasteiger partial charge in [-0.3, -0.25) is 4.79 Å². The normalized spacial score (nSPS) is 16.2. The summed E-state index contributed by atoms with van der Waals surface area (Å²) in [6.45, 7) is 2.78. The molecule has 0 aromatic heterocycles. The maximum absolute atomic E-state index is 11.9. The van der Waals surface area contributed by atoms with Gasteiger partial charge in [0.1, 0.15) is 12.4 Å². The second kappa shape index (κ2) is 8.24. The molecule has 0 N–H and O–H groups in total. The van der Waals surface area contributed by atoms with Crippen molar-refractivity contribution in [1.82, 2.24) is 4.90 Å². The van der Waals surface area contributed by atoms with Crippen molar-refractivity contribution in [3.63, 3.8) is 0 Å². The van der Waals surface area contributed by atoms with Crippen molar-refractivity contribution in [3.8, 4) is 5.75 Å². The molecule has 1 aromatic rings. The van der Waals surface area contributed by atoms with E-state index in [9.17, 15) is 9.59 Å². The number of ether oxygens (including phenoxy) is 2. The van der Waals surface area contributed by atoms with Gasteiger partial charge in [-0.25, -0.2) is 4.79 Å². The van der Waals surface area contributed by atoms with Gasteiger partial charge in [-0.05, 0) is 35.0 Å². The van der Waals surface area contributed by atoms with E-state index in [4.69, 9.17) is 9.47 Å². The number of esters is 1. The molecule has 1 aliphatic rings. The first-order chi connectivity index (χ1) is 10.6. The van der Waals surface area contributed by atoms with E-state index in [1.165, 1.54) is 17.8 Å². The molecule has 7 heteroatoms. The highest BCUT2D eigenvalue weighted by Gasteiger charge is 2.27. The fraction of sp³-hybridized carbons (Fsp3) is 0.333. The Morgan fingerprint density at radius 1 is 1.45 bits per heavy atom. The van der Waals surface area contributed by atoms with Gasteiger partial charge in [-0.1, -0.05) is 23.9 Å². The summed E-state index contributed by atoms with van der Waals surface area (Å²) in [5.41, 5.74) is 0. The molecule has 2 rings (SSSR count). The molecule has 22 heavy (non-hydrogen) atoms. The van der Waals surface area contributed by atoms with Crippen LogP contribution in [0.15, 0.2) is 39.8 Å². The van der Waals surface area contributed by atoms with Crippen LogP contribution in [-0.4, -0.2) is 42.3 Å². The maximum atomic E-state index is 11.9. The number of benzene rings is 1. The monoisotopic (exact) mass is 385 g/mol. The molecule has 1 aliphatic heterocycles. The summed E-state index contributed by atoms with van der Waals surface area (Å²) >= 11 is 4.74. The third-order valence-electron chi connectivity index (χ3n) is 2.85. The Morgan fingerprint density at radius 2 is 2.23 bits per heavy atom. The fourth-order valence-corrected chi connectivity index (χ4v) is 3.22. The summed E-state index contributed by atoms with van der Waals surface area (Å²) in [6.07, 6.45) is 1.36. The number of hydrogen-bond donors (Lipinski definition) is 0. The summed E-state index contributed by atoms with van der Waals surface area (Å²) in [6, 6.07) is 7.51. The van der Waals surface area contributed by atoms with Gasteiger partial charge in [-0.15, -0.1) is 0 Å². The highest BCUT2D eigenvalue weighted by molar-refractivity contribution is 9.10. The third-order valence-corrected chi connectivity index (χ3v) is 4.53. The van der Waals surface area contributed by atoms with E-state index < -0.39 is 5.97 Å². The van der Waals surface area contributed by atoms with Crippen molar-refractivity contribution in [3.05, 3.63) is 39.8 Å². The Labute approximate surface area is 141 Å². The van der Waals surface area contributed by atoms with Crippen molar-refractivity contribution in [2.24, 2.45) is 0 Å². The summed E-state index contributed by atoms with van der Waals surface area (Å²) in [5, 5.41) is 0.610. The summed E-state index contributed by atoms with van der Waals surface area (Å²) in [4.78, 5) is 24.9. The highest BCUT2D eigenvalue weighted by Crippen LogP contribution is 2.29. The van der Waals surface area contributed by atoms with Gasteiger partial charge < -0.3 is 14.4 Å². The molecule has 1 heterocycles. The van der Waals surface area contributed by atoms with Crippen LogP contribution >= 0.6 is 27.7 Å². The minimum atomic E-state index is -0.434. The van der Waals surface area contributed by atoms with Gasteiger partial charge in [0, 0.05) is 0 Å². The van der Waals surface area contributed by atoms with Gasteiger partial charge in [-0.2, -0.15) is 0 Å². The van der Waals surface area contributed by atoms with Gasteiger partial charge >= 0.3 is 5.97 Å². The van der Waals surface area contributed by atoms with Crippen LogP contribution in [0.25, 0.3) is 0 Å². The SMILES string of the molecule is CCOC(=O)/C=C1\SCC(=O)N1CCOc1ccccc1Br. The standard InChI is InChI=1S/C15H16BrNO4S/c1-2-20-15(19)9-14-17(13(18)10-22-14)7-8-21-12-6-4-3-5-11(12)16/h3-6,9H,2,7-8,10H2,1H3/b14-9-. The number of para-hydroxylation sites is 1. The van der Waals surface area contributed by atoms with Crippen LogP contribution in [0.1, 0.15) is 6.92 Å². The largest absolute Gasteiger partial charge is 0.491 e. The quantitative estimate of drug-likeness (QED) is 0.556. The second-order valence-electron chi connectivity index (χ2n) is 4.35. The molecule has 0 aliphatic carbocycles. The minimum absolute atomic E-state index is 0.0312. The van der Waals surface area contributed by atoms with E-state index >= 15 is 0 Å². The topological polar surface area (TPSA) is 55.8 Å². The Kier molecular flexibility index (Phi) is 6.33. The molecule has 5 nitrogen and oxygen atoms in total. The van der Waals surface area contributed by atoms with Crippen LogP contribution in [0.4, 0.5) is 0 Å². The lowest BCUT2D eigenvalue weighted by Gasteiger charge is -2.17. The summed E-state index contributed by atoms with van der Waals surface area (Å²) in [5.74, 6) is 0.589. The first kappa shape index (κ1) is 16.9. The van der Waals surface area contributed by atoms with Crippen LogP contribution in [-0.2, 0) is 14.3 Å². The molecule has 1 aromatic carbocycles. The molecule has 0 atom stereocenters. The van der Waals surface area contributed by atoms with E-state index in [1.54, 1.807) is 11.8 Å². The van der Waals surface area contributed by atoms with Crippen molar-refractivity contribution < 1.29 is 19.1 Å². The average Bonchev–Trinajstić information content (AvgIpc) is 2.82. The number of nitrogens with zero attached hydrogens (tertiary/aromatic N) is 1. The molecule has 0 radical (unpaired) electrons. The van der Waals surface area contributed by atoms with Crippen molar-refractivity contribution in [2.45, 2.75) is 6.92 Å². The molecule has 0 bridgehead atoms. The van der Waals surface area contributed by atoms with E-state index in [1.807, 2.05) is 24.3 Å². The van der Waals surface area contributed by atoms with Gasteiger partial charge in [0.25, 0.3) is 0 Å². The van der Waals surface area contributed by atoms with E-state index in [0.717, 1.165) is 10.2 Å². The Balaban J connectivity index is 1.93. The number of carbonyl (C=O) groups excluding carboxylic acids is 2. The predicted molar refractivity (Wildman–Crippen MR) is 88.5 cm³/mol. The number of halogens is 1. The molecule has 1 amide bonds. The lowest BCUT2D eigenvalue weighted by atomic mass is 10.3. The smallest absolute Gasteiger partial charge is 0.333 e. The maximum Gasteiger partial charge on any atom is 0.333 e. The van der Waals surface area contributed by atoms with E-state index in [0.29, 0.717) is 30.5 Å². The Morgan fingerprint density at radius 3 is 2.95 bits per heavy atom. The zero-order valence-electron chi connectivity index (χ0n) is 12.1. The summed E-state index contributed by atoms with van der Waals surface area (Å²) in [7, 11) is 0. The fourth-order valence-electron chi connectivity index (χ4n) is 1.86. The van der Waals surface area contributed by atoms with Crippen LogP contribution < -0.4 is 4.74 Å². The molecular formula is C15H16BrNO4S. The number of hydrogen-bond acceptors (Lipinski definition) is 5. The average molecular weight is 386 g/mol. The molecular weight excluding hydrogens is 370 g/mol. The Bertz CT molecular complexity index is 591. The van der Waals surface area contributed by atoms with Crippen molar-refractivity contribution in [1.29, 1.82) is 0 Å². The minimum Gasteiger partial charge on any atom is -0.491 e. The number of carbonyl (C=O) groups is 2. The van der Waals surface area contributed by atoms with Crippen LogP contribution in [0.2, 0.25) is 0 Å². The van der Waals surface area contributed by atoms with E-state index in [-0.39, 0.29) is 5.91 Å². The zero-order valence-corrected chi connectivity index (χ0v) is 14.5. The number of rotatable bonds is 6. The first-order valence-corrected chi connectivity index (χ1v) is 8.58. The Hall–Kier alpha value is -1.47. The predicted octanol–water partition coefficient (Wildman–Crippen LogP) is 2.81. The first-order valence-electron chi connectivity index (χ1n) is 6.80.